The minimum absolute atomic E-state index is 0.0126. The summed E-state index contributed by atoms with van der Waals surface area (Å²) in [5.41, 5.74) is 0.884. The van der Waals surface area contributed by atoms with Crippen molar-refractivity contribution < 1.29 is 9.90 Å². The number of β-amino-alcohol motifs (C(OH)–C–C–N with tert-alkyl or cyclic N) is 1. The van der Waals surface area contributed by atoms with Crippen LogP contribution in [0.25, 0.3) is 0 Å². The van der Waals surface area contributed by atoms with Crippen LogP contribution in [0.4, 0.5) is 0 Å². The van der Waals surface area contributed by atoms with Crippen molar-refractivity contribution in [3.8, 4) is 0 Å². The summed E-state index contributed by atoms with van der Waals surface area (Å²) in [6, 6.07) is 0. The van der Waals surface area contributed by atoms with Crippen LogP contribution in [0.2, 0.25) is 0 Å². The Morgan fingerprint density at radius 2 is 2.21 bits per heavy atom. The summed E-state index contributed by atoms with van der Waals surface area (Å²) in [5, 5.41) is 9.25. The summed E-state index contributed by atoms with van der Waals surface area (Å²) in [6.45, 7) is 0.893. The van der Waals surface area contributed by atoms with E-state index in [1.807, 2.05) is 0 Å². The van der Waals surface area contributed by atoms with Crippen molar-refractivity contribution in [3.05, 3.63) is 24.3 Å². The number of aliphatic hydroxyl groups excluding tert-OH is 1. The number of carbonyl (C=O) groups is 1. The van der Waals surface area contributed by atoms with E-state index in [2.05, 4.69) is 9.97 Å². The van der Waals surface area contributed by atoms with E-state index in [1.54, 1.807) is 17.3 Å². The number of hydrogen-bond donors (Lipinski definition) is 1. The molecule has 1 aromatic heterocycles. The van der Waals surface area contributed by atoms with E-state index in [0.717, 1.165) is 5.56 Å². The third kappa shape index (κ3) is 1.88. The van der Waals surface area contributed by atoms with Gasteiger partial charge in [0.25, 0.3) is 0 Å². The predicted molar refractivity (Wildman–Crippen MR) is 48.1 cm³/mol. The topological polar surface area (TPSA) is 66.3 Å². The maximum absolute atomic E-state index is 11.3. The number of hydrogen-bond acceptors (Lipinski definition) is 4. The lowest BCUT2D eigenvalue weighted by atomic mass is 10.3. The van der Waals surface area contributed by atoms with Gasteiger partial charge in [0.15, 0.2) is 0 Å². The Morgan fingerprint density at radius 1 is 1.50 bits per heavy atom. The highest BCUT2D eigenvalue weighted by Gasteiger charge is 2.27. The summed E-state index contributed by atoms with van der Waals surface area (Å²) in [5.74, 6) is -0.0126. The van der Waals surface area contributed by atoms with Gasteiger partial charge in [-0.15, -0.1) is 0 Å². The van der Waals surface area contributed by atoms with Crippen LogP contribution in [0, 0.1) is 0 Å². The SMILES string of the molecule is O=C1CC(O)CN1Cc1cncnc1. The third-order valence-electron chi connectivity index (χ3n) is 2.18. The number of likely N-dealkylation sites (tertiary alicyclic amines) is 1. The van der Waals surface area contributed by atoms with Crippen molar-refractivity contribution >= 4 is 5.91 Å². The van der Waals surface area contributed by atoms with Crippen molar-refractivity contribution in [1.82, 2.24) is 14.9 Å². The summed E-state index contributed by atoms with van der Waals surface area (Å²) < 4.78 is 0. The van der Waals surface area contributed by atoms with E-state index in [0.29, 0.717) is 13.1 Å². The summed E-state index contributed by atoms with van der Waals surface area (Å²) >= 11 is 0. The van der Waals surface area contributed by atoms with Crippen LogP contribution in [-0.4, -0.2) is 38.5 Å². The Hall–Kier alpha value is -1.49. The Bertz CT molecular complexity index is 328. The number of aromatic nitrogens is 2. The van der Waals surface area contributed by atoms with Crippen molar-refractivity contribution in [2.45, 2.75) is 19.1 Å². The number of aliphatic hydroxyl groups is 1. The molecule has 5 nitrogen and oxygen atoms in total. The van der Waals surface area contributed by atoms with Gasteiger partial charge in [0, 0.05) is 31.0 Å². The second-order valence-corrected chi connectivity index (χ2v) is 3.38. The van der Waals surface area contributed by atoms with Gasteiger partial charge in [0.2, 0.25) is 5.91 Å². The molecule has 0 saturated carbocycles. The number of rotatable bonds is 2. The van der Waals surface area contributed by atoms with Gasteiger partial charge >= 0.3 is 0 Å². The van der Waals surface area contributed by atoms with Crippen molar-refractivity contribution in [3.63, 3.8) is 0 Å². The molecule has 1 saturated heterocycles. The van der Waals surface area contributed by atoms with Crippen LogP contribution < -0.4 is 0 Å². The molecule has 1 N–H and O–H groups in total. The minimum Gasteiger partial charge on any atom is -0.391 e. The first kappa shape index (κ1) is 9.08. The smallest absolute Gasteiger partial charge is 0.225 e. The maximum atomic E-state index is 11.3. The molecule has 1 aromatic rings. The highest BCUT2D eigenvalue weighted by molar-refractivity contribution is 5.78. The number of nitrogens with zero attached hydrogens (tertiary/aromatic N) is 3. The van der Waals surface area contributed by atoms with Crippen molar-refractivity contribution in [1.29, 1.82) is 0 Å². The van der Waals surface area contributed by atoms with Gasteiger partial charge < -0.3 is 10.0 Å². The van der Waals surface area contributed by atoms with Crippen molar-refractivity contribution in [2.75, 3.05) is 6.54 Å². The molecule has 1 aliphatic heterocycles. The zero-order valence-corrected chi connectivity index (χ0v) is 7.63. The third-order valence-corrected chi connectivity index (χ3v) is 2.18. The van der Waals surface area contributed by atoms with Crippen LogP contribution in [-0.2, 0) is 11.3 Å². The molecular weight excluding hydrogens is 182 g/mol. The van der Waals surface area contributed by atoms with Gasteiger partial charge in [-0.3, -0.25) is 4.79 Å². The van der Waals surface area contributed by atoms with Crippen LogP contribution in [0.1, 0.15) is 12.0 Å². The van der Waals surface area contributed by atoms with Crippen molar-refractivity contribution in [2.24, 2.45) is 0 Å². The molecule has 2 heterocycles. The predicted octanol–water partition coefficient (Wildman–Crippen LogP) is -0.430. The molecule has 5 heteroatoms. The molecule has 14 heavy (non-hydrogen) atoms. The monoisotopic (exact) mass is 193 g/mol. The molecule has 0 bridgehead atoms. The van der Waals surface area contributed by atoms with E-state index in [9.17, 15) is 9.90 Å². The largest absolute Gasteiger partial charge is 0.391 e. The van der Waals surface area contributed by atoms with Gasteiger partial charge in [-0.25, -0.2) is 9.97 Å². The highest BCUT2D eigenvalue weighted by atomic mass is 16.3. The van der Waals surface area contributed by atoms with E-state index >= 15 is 0 Å². The molecule has 0 aliphatic carbocycles. The zero-order chi connectivity index (χ0) is 9.97. The Balaban J connectivity index is 2.02. The molecule has 1 unspecified atom stereocenters. The molecule has 74 valence electrons. The molecule has 1 amide bonds. The normalized spacial score (nSPS) is 21.6. The molecule has 1 aliphatic rings. The zero-order valence-electron chi connectivity index (χ0n) is 7.63. The van der Waals surface area contributed by atoms with E-state index in [4.69, 9.17) is 0 Å². The average Bonchev–Trinajstić information content (AvgIpc) is 2.47. The lowest BCUT2D eigenvalue weighted by Crippen LogP contribution is -2.25. The van der Waals surface area contributed by atoms with Crippen LogP contribution in [0.3, 0.4) is 0 Å². The second kappa shape index (κ2) is 3.71. The first-order chi connectivity index (χ1) is 6.75. The van der Waals surface area contributed by atoms with E-state index in [1.165, 1.54) is 6.33 Å². The summed E-state index contributed by atoms with van der Waals surface area (Å²) in [4.78, 5) is 20.6. The first-order valence-electron chi connectivity index (χ1n) is 4.45. The molecule has 0 aromatic carbocycles. The van der Waals surface area contributed by atoms with Gasteiger partial charge in [-0.1, -0.05) is 0 Å². The fourth-order valence-corrected chi connectivity index (χ4v) is 1.54. The van der Waals surface area contributed by atoms with E-state index < -0.39 is 6.10 Å². The quantitative estimate of drug-likeness (QED) is 0.692. The fourth-order valence-electron chi connectivity index (χ4n) is 1.54. The van der Waals surface area contributed by atoms with Gasteiger partial charge in [-0.2, -0.15) is 0 Å². The Kier molecular flexibility index (Phi) is 2.41. The highest BCUT2D eigenvalue weighted by Crippen LogP contribution is 2.13. The lowest BCUT2D eigenvalue weighted by Gasteiger charge is -2.14. The standard InChI is InChI=1S/C9H11N3O2/c13-8-1-9(14)12(5-8)4-7-2-10-6-11-3-7/h2-3,6,8,13H,1,4-5H2. The van der Waals surface area contributed by atoms with Crippen LogP contribution >= 0.6 is 0 Å². The molecule has 2 rings (SSSR count). The Labute approximate surface area is 81.4 Å². The molecule has 1 fully saturated rings. The average molecular weight is 193 g/mol. The lowest BCUT2D eigenvalue weighted by molar-refractivity contribution is -0.128. The maximum Gasteiger partial charge on any atom is 0.225 e. The van der Waals surface area contributed by atoms with Gasteiger partial charge in [0.05, 0.1) is 12.5 Å². The first-order valence-corrected chi connectivity index (χ1v) is 4.45. The molecule has 1 atom stereocenters. The summed E-state index contributed by atoms with van der Waals surface area (Å²) in [6.07, 6.45) is 4.50. The molecule has 0 radical (unpaired) electrons. The molecule has 0 spiro atoms. The van der Waals surface area contributed by atoms with Gasteiger partial charge in [-0.05, 0) is 0 Å². The van der Waals surface area contributed by atoms with Crippen LogP contribution in [0.15, 0.2) is 18.7 Å². The van der Waals surface area contributed by atoms with Crippen LogP contribution in [0.5, 0.6) is 0 Å². The molecular formula is C9H11N3O2. The Morgan fingerprint density at radius 3 is 2.79 bits per heavy atom. The fraction of sp³-hybridized carbons (Fsp3) is 0.444. The van der Waals surface area contributed by atoms with E-state index in [-0.39, 0.29) is 12.3 Å². The minimum atomic E-state index is -0.521. The van der Waals surface area contributed by atoms with Gasteiger partial charge in [0.1, 0.15) is 6.33 Å². The summed E-state index contributed by atoms with van der Waals surface area (Å²) in [7, 11) is 0. The number of carbonyl (C=O) groups excluding carboxylic acids is 1. The number of amides is 1. The second-order valence-electron chi connectivity index (χ2n) is 3.38.